The SMILES string of the molecule is Cc1nc(Cl)nc(N(C)CC2(N(C)C)CCC2)c1N. The highest BCUT2D eigenvalue weighted by molar-refractivity contribution is 6.28. The molecule has 0 unspecified atom stereocenters. The fourth-order valence-electron chi connectivity index (χ4n) is 2.67. The predicted molar refractivity (Wildman–Crippen MR) is 79.7 cm³/mol. The van der Waals surface area contributed by atoms with E-state index in [0.717, 1.165) is 18.1 Å². The Morgan fingerprint density at radius 3 is 2.37 bits per heavy atom. The molecule has 0 radical (unpaired) electrons. The third kappa shape index (κ3) is 2.62. The standard InChI is InChI=1S/C13H22ClN5/c1-9-10(15)11(17-12(14)16-9)19(4)8-13(18(2)3)6-5-7-13/h5-8,15H2,1-4H3. The lowest BCUT2D eigenvalue weighted by Crippen LogP contribution is -2.57. The van der Waals surface area contributed by atoms with Gasteiger partial charge in [0.05, 0.1) is 11.4 Å². The average molecular weight is 284 g/mol. The van der Waals surface area contributed by atoms with Crippen molar-refractivity contribution in [1.29, 1.82) is 0 Å². The van der Waals surface area contributed by atoms with Gasteiger partial charge in [-0.1, -0.05) is 0 Å². The molecule has 1 aliphatic rings. The minimum Gasteiger partial charge on any atom is -0.394 e. The summed E-state index contributed by atoms with van der Waals surface area (Å²) in [6, 6.07) is 0. The molecular formula is C13H22ClN5. The molecule has 0 aliphatic heterocycles. The number of aryl methyl sites for hydroxylation is 1. The van der Waals surface area contributed by atoms with E-state index in [-0.39, 0.29) is 10.8 Å². The van der Waals surface area contributed by atoms with E-state index in [0.29, 0.717) is 5.69 Å². The number of nitrogens with two attached hydrogens (primary N) is 1. The molecule has 106 valence electrons. The van der Waals surface area contributed by atoms with Crippen LogP contribution in [-0.4, -0.2) is 48.1 Å². The number of hydrogen-bond acceptors (Lipinski definition) is 5. The molecule has 1 aromatic rings. The van der Waals surface area contributed by atoms with Crippen molar-refractivity contribution in [3.05, 3.63) is 11.0 Å². The van der Waals surface area contributed by atoms with Crippen molar-refractivity contribution in [2.24, 2.45) is 0 Å². The second kappa shape index (κ2) is 5.13. The minimum atomic E-state index is 0.229. The van der Waals surface area contributed by atoms with Gasteiger partial charge in [-0.25, -0.2) is 4.98 Å². The van der Waals surface area contributed by atoms with Gasteiger partial charge in [0.1, 0.15) is 0 Å². The molecule has 2 N–H and O–H groups in total. The van der Waals surface area contributed by atoms with E-state index < -0.39 is 0 Å². The topological polar surface area (TPSA) is 58.3 Å². The number of halogens is 1. The molecule has 6 heteroatoms. The summed E-state index contributed by atoms with van der Waals surface area (Å²) in [6.07, 6.45) is 3.70. The first-order valence-electron chi connectivity index (χ1n) is 6.54. The molecule has 0 bridgehead atoms. The molecule has 1 aromatic heterocycles. The molecule has 2 rings (SSSR count). The van der Waals surface area contributed by atoms with Gasteiger partial charge in [0.15, 0.2) is 5.82 Å². The molecule has 0 atom stereocenters. The summed E-state index contributed by atoms with van der Waals surface area (Å²) in [6.45, 7) is 2.75. The van der Waals surface area contributed by atoms with Crippen molar-refractivity contribution in [3.63, 3.8) is 0 Å². The molecular weight excluding hydrogens is 262 g/mol. The van der Waals surface area contributed by atoms with E-state index in [1.165, 1.54) is 19.3 Å². The largest absolute Gasteiger partial charge is 0.394 e. The zero-order valence-corrected chi connectivity index (χ0v) is 12.8. The lowest BCUT2D eigenvalue weighted by atomic mass is 9.75. The Bertz CT molecular complexity index is 470. The summed E-state index contributed by atoms with van der Waals surface area (Å²) in [5, 5.41) is 0.251. The van der Waals surface area contributed by atoms with Crippen molar-refractivity contribution in [2.75, 3.05) is 38.3 Å². The first kappa shape index (κ1) is 14.3. The second-order valence-electron chi connectivity index (χ2n) is 5.64. The van der Waals surface area contributed by atoms with Gasteiger partial charge >= 0.3 is 0 Å². The number of anilines is 2. The monoisotopic (exact) mass is 283 g/mol. The van der Waals surface area contributed by atoms with Crippen molar-refractivity contribution >= 4 is 23.1 Å². The summed E-state index contributed by atoms with van der Waals surface area (Å²) in [5.41, 5.74) is 7.64. The molecule has 5 nitrogen and oxygen atoms in total. The van der Waals surface area contributed by atoms with Crippen LogP contribution in [0.2, 0.25) is 5.28 Å². The van der Waals surface area contributed by atoms with Crippen LogP contribution in [0.25, 0.3) is 0 Å². The Morgan fingerprint density at radius 2 is 1.89 bits per heavy atom. The second-order valence-corrected chi connectivity index (χ2v) is 5.98. The van der Waals surface area contributed by atoms with Crippen molar-refractivity contribution < 1.29 is 0 Å². The van der Waals surface area contributed by atoms with Gasteiger partial charge in [-0.05, 0) is 51.9 Å². The van der Waals surface area contributed by atoms with Gasteiger partial charge in [0.25, 0.3) is 0 Å². The van der Waals surface area contributed by atoms with Crippen LogP contribution in [0.5, 0.6) is 0 Å². The zero-order chi connectivity index (χ0) is 14.2. The lowest BCUT2D eigenvalue weighted by Gasteiger charge is -2.49. The van der Waals surface area contributed by atoms with Gasteiger partial charge < -0.3 is 15.5 Å². The van der Waals surface area contributed by atoms with Gasteiger partial charge in [-0.3, -0.25) is 0 Å². The highest BCUT2D eigenvalue weighted by Gasteiger charge is 2.40. The first-order chi connectivity index (χ1) is 8.85. The molecule has 1 saturated carbocycles. The maximum absolute atomic E-state index is 6.07. The van der Waals surface area contributed by atoms with E-state index >= 15 is 0 Å². The Balaban J connectivity index is 2.23. The van der Waals surface area contributed by atoms with Crippen molar-refractivity contribution in [3.8, 4) is 0 Å². The Morgan fingerprint density at radius 1 is 1.26 bits per heavy atom. The predicted octanol–water partition coefficient (Wildman–Crippen LogP) is 1.94. The maximum atomic E-state index is 6.07. The smallest absolute Gasteiger partial charge is 0.224 e. The highest BCUT2D eigenvalue weighted by atomic mass is 35.5. The number of nitrogens with zero attached hydrogens (tertiary/aromatic N) is 4. The summed E-state index contributed by atoms with van der Waals surface area (Å²) in [5.74, 6) is 0.727. The fraction of sp³-hybridized carbons (Fsp3) is 0.692. The number of aromatic nitrogens is 2. The molecule has 1 heterocycles. The summed E-state index contributed by atoms with van der Waals surface area (Å²) < 4.78 is 0. The average Bonchev–Trinajstić information content (AvgIpc) is 2.27. The fourth-order valence-corrected chi connectivity index (χ4v) is 2.88. The number of hydrogen-bond donors (Lipinski definition) is 1. The van der Waals surface area contributed by atoms with Gasteiger partial charge in [0.2, 0.25) is 5.28 Å². The van der Waals surface area contributed by atoms with Gasteiger partial charge in [0, 0.05) is 19.1 Å². The molecule has 0 spiro atoms. The third-order valence-electron chi connectivity index (χ3n) is 4.21. The van der Waals surface area contributed by atoms with Crippen molar-refractivity contribution in [2.45, 2.75) is 31.7 Å². The third-order valence-corrected chi connectivity index (χ3v) is 4.38. The first-order valence-corrected chi connectivity index (χ1v) is 6.92. The summed E-state index contributed by atoms with van der Waals surface area (Å²) in [7, 11) is 6.28. The van der Waals surface area contributed by atoms with Crippen LogP contribution in [-0.2, 0) is 0 Å². The van der Waals surface area contributed by atoms with Gasteiger partial charge in [-0.15, -0.1) is 0 Å². The number of rotatable bonds is 4. The Kier molecular flexibility index (Phi) is 3.87. The Hall–Kier alpha value is -1.07. The Labute approximate surface area is 119 Å². The molecule has 1 fully saturated rings. The van der Waals surface area contributed by atoms with Crippen molar-refractivity contribution in [1.82, 2.24) is 14.9 Å². The molecule has 19 heavy (non-hydrogen) atoms. The van der Waals surface area contributed by atoms with Crippen LogP contribution in [0.4, 0.5) is 11.5 Å². The van der Waals surface area contributed by atoms with E-state index in [1.807, 2.05) is 14.0 Å². The van der Waals surface area contributed by atoms with E-state index in [4.69, 9.17) is 17.3 Å². The molecule has 0 saturated heterocycles. The van der Waals surface area contributed by atoms with Crippen LogP contribution in [0.3, 0.4) is 0 Å². The van der Waals surface area contributed by atoms with Crippen LogP contribution >= 0.6 is 11.6 Å². The van der Waals surface area contributed by atoms with Crippen LogP contribution in [0.15, 0.2) is 0 Å². The van der Waals surface area contributed by atoms with Crippen LogP contribution < -0.4 is 10.6 Å². The lowest BCUT2D eigenvalue weighted by molar-refractivity contribution is 0.0682. The quantitative estimate of drug-likeness (QED) is 0.856. The van der Waals surface area contributed by atoms with E-state index in [9.17, 15) is 0 Å². The molecule has 1 aliphatic carbocycles. The highest BCUT2D eigenvalue weighted by Crippen LogP contribution is 2.38. The normalized spacial score (nSPS) is 17.4. The summed E-state index contributed by atoms with van der Waals surface area (Å²) >= 11 is 5.93. The minimum absolute atomic E-state index is 0.229. The van der Waals surface area contributed by atoms with Crippen LogP contribution in [0.1, 0.15) is 25.0 Å². The van der Waals surface area contributed by atoms with Gasteiger partial charge in [-0.2, -0.15) is 4.98 Å². The maximum Gasteiger partial charge on any atom is 0.224 e. The number of nitrogen functional groups attached to an aromatic ring is 1. The number of likely N-dealkylation sites (N-methyl/N-ethyl adjacent to an activating group) is 2. The molecule has 0 amide bonds. The summed E-state index contributed by atoms with van der Waals surface area (Å²) in [4.78, 5) is 12.7. The molecule has 0 aromatic carbocycles. The van der Waals surface area contributed by atoms with E-state index in [1.54, 1.807) is 0 Å². The zero-order valence-electron chi connectivity index (χ0n) is 12.1. The van der Waals surface area contributed by atoms with E-state index in [2.05, 4.69) is 33.9 Å². The van der Waals surface area contributed by atoms with Crippen LogP contribution in [0, 0.1) is 6.92 Å².